The van der Waals surface area contributed by atoms with E-state index in [1.54, 1.807) is 42.4 Å². The summed E-state index contributed by atoms with van der Waals surface area (Å²) in [6, 6.07) is 15.3. The van der Waals surface area contributed by atoms with Gasteiger partial charge in [-0.25, -0.2) is 14.1 Å². The summed E-state index contributed by atoms with van der Waals surface area (Å²) >= 11 is 0. The highest BCUT2D eigenvalue weighted by atomic mass is 19.1. The number of hydrogen-bond donors (Lipinski definition) is 1. The van der Waals surface area contributed by atoms with Gasteiger partial charge in [0.1, 0.15) is 17.7 Å². The van der Waals surface area contributed by atoms with Gasteiger partial charge in [-0.05, 0) is 68.3 Å². The summed E-state index contributed by atoms with van der Waals surface area (Å²) in [7, 11) is 1.57. The molecule has 0 unspecified atom stereocenters. The van der Waals surface area contributed by atoms with E-state index in [0.717, 1.165) is 35.0 Å². The predicted molar refractivity (Wildman–Crippen MR) is 126 cm³/mol. The normalized spacial score (nSPS) is 15.0. The average Bonchev–Trinajstić information content (AvgIpc) is 3.63. The Kier molecular flexibility index (Phi) is 5.88. The van der Waals surface area contributed by atoms with Crippen LogP contribution in [0.25, 0.3) is 16.6 Å². The highest BCUT2D eigenvalue weighted by Crippen LogP contribution is 2.32. The molecule has 0 bridgehead atoms. The first kappa shape index (κ1) is 21.9. The lowest BCUT2D eigenvalue weighted by Gasteiger charge is -2.26. The van der Waals surface area contributed by atoms with E-state index in [-0.39, 0.29) is 23.7 Å². The number of nitrogens with one attached hydrogen (secondary N) is 1. The molecule has 1 amide bonds. The lowest BCUT2D eigenvalue weighted by Crippen LogP contribution is -2.40. The number of carbonyl (C=O) groups is 1. The number of amides is 1. The SMILES string of the molecule is COc1ccc([C@@H](Oc2ccc3c(cnn3-c3ccc(F)cc3)c2)[C@@H](C)NC(=O)C2CC2)cn1. The van der Waals surface area contributed by atoms with Crippen molar-refractivity contribution in [2.24, 2.45) is 5.92 Å². The number of ether oxygens (including phenoxy) is 2. The Bertz CT molecular complexity index is 1300. The van der Waals surface area contributed by atoms with Crippen molar-refractivity contribution < 1.29 is 18.7 Å². The Morgan fingerprint density at radius 1 is 1.12 bits per heavy atom. The van der Waals surface area contributed by atoms with Gasteiger partial charge in [0.05, 0.1) is 30.6 Å². The molecule has 34 heavy (non-hydrogen) atoms. The van der Waals surface area contributed by atoms with Crippen LogP contribution >= 0.6 is 0 Å². The number of nitrogens with zero attached hydrogens (tertiary/aromatic N) is 3. The van der Waals surface area contributed by atoms with Crippen LogP contribution in [-0.2, 0) is 4.79 Å². The summed E-state index contributed by atoms with van der Waals surface area (Å²) in [6.45, 7) is 1.93. The van der Waals surface area contributed by atoms with Gasteiger partial charge in [-0.15, -0.1) is 0 Å². The van der Waals surface area contributed by atoms with Crippen molar-refractivity contribution in [3.8, 4) is 17.3 Å². The van der Waals surface area contributed by atoms with E-state index in [1.165, 1.54) is 12.1 Å². The first-order chi connectivity index (χ1) is 16.5. The Morgan fingerprint density at radius 2 is 1.91 bits per heavy atom. The number of rotatable bonds is 8. The number of carbonyl (C=O) groups excluding carboxylic acids is 1. The van der Waals surface area contributed by atoms with Crippen LogP contribution in [0, 0.1) is 11.7 Å². The van der Waals surface area contributed by atoms with E-state index in [9.17, 15) is 9.18 Å². The van der Waals surface area contributed by atoms with E-state index < -0.39 is 6.10 Å². The van der Waals surface area contributed by atoms with Gasteiger partial charge in [-0.3, -0.25) is 4.79 Å². The third kappa shape index (κ3) is 4.57. The summed E-state index contributed by atoms with van der Waals surface area (Å²) < 4.78 is 26.6. The van der Waals surface area contributed by atoms with Crippen LogP contribution in [0.1, 0.15) is 31.4 Å². The number of aromatic nitrogens is 3. The van der Waals surface area contributed by atoms with Crippen molar-refractivity contribution in [2.75, 3.05) is 7.11 Å². The Balaban J connectivity index is 1.42. The largest absolute Gasteiger partial charge is 0.484 e. The van der Waals surface area contributed by atoms with E-state index in [0.29, 0.717) is 11.6 Å². The van der Waals surface area contributed by atoms with E-state index >= 15 is 0 Å². The fraction of sp³-hybridized carbons (Fsp3) is 0.269. The first-order valence-corrected chi connectivity index (χ1v) is 11.2. The van der Waals surface area contributed by atoms with Crippen molar-refractivity contribution in [3.63, 3.8) is 0 Å². The minimum absolute atomic E-state index is 0.0543. The highest BCUT2D eigenvalue weighted by molar-refractivity contribution is 5.82. The van der Waals surface area contributed by atoms with Gasteiger partial charge in [-0.2, -0.15) is 5.10 Å². The van der Waals surface area contributed by atoms with E-state index in [1.807, 2.05) is 31.2 Å². The second-order valence-corrected chi connectivity index (χ2v) is 8.50. The maximum Gasteiger partial charge on any atom is 0.223 e. The topological polar surface area (TPSA) is 78.3 Å². The molecule has 1 aliphatic carbocycles. The zero-order valence-corrected chi connectivity index (χ0v) is 18.9. The Morgan fingerprint density at radius 3 is 2.59 bits per heavy atom. The summed E-state index contributed by atoms with van der Waals surface area (Å²) in [5, 5.41) is 8.42. The molecule has 0 spiro atoms. The van der Waals surface area contributed by atoms with Crippen molar-refractivity contribution in [1.29, 1.82) is 0 Å². The molecule has 4 aromatic rings. The molecule has 0 aliphatic heterocycles. The number of fused-ring (bicyclic) bond motifs is 1. The van der Waals surface area contributed by atoms with E-state index in [4.69, 9.17) is 9.47 Å². The molecular weight excluding hydrogens is 435 g/mol. The zero-order chi connectivity index (χ0) is 23.7. The van der Waals surface area contributed by atoms with E-state index in [2.05, 4.69) is 15.4 Å². The summed E-state index contributed by atoms with van der Waals surface area (Å²) in [5.74, 6) is 1.01. The van der Waals surface area contributed by atoms with Crippen LogP contribution in [0.5, 0.6) is 11.6 Å². The number of methoxy groups -OCH3 is 1. The van der Waals surface area contributed by atoms with Gasteiger partial charge in [0.15, 0.2) is 0 Å². The minimum Gasteiger partial charge on any atom is -0.484 e. The molecule has 2 atom stereocenters. The molecule has 2 aromatic heterocycles. The van der Waals surface area contributed by atoms with Crippen molar-refractivity contribution in [2.45, 2.75) is 31.9 Å². The smallest absolute Gasteiger partial charge is 0.223 e. The fourth-order valence-electron chi connectivity index (χ4n) is 3.92. The predicted octanol–water partition coefficient (Wildman–Crippen LogP) is 4.60. The maximum atomic E-state index is 13.3. The van der Waals surface area contributed by atoms with Crippen molar-refractivity contribution in [3.05, 3.63) is 78.4 Å². The van der Waals surface area contributed by atoms with Gasteiger partial charge in [-0.1, -0.05) is 0 Å². The van der Waals surface area contributed by atoms with Crippen LogP contribution in [0.4, 0.5) is 4.39 Å². The molecule has 8 heteroatoms. The quantitative estimate of drug-likeness (QED) is 0.416. The van der Waals surface area contributed by atoms with Crippen LogP contribution < -0.4 is 14.8 Å². The van der Waals surface area contributed by atoms with Crippen LogP contribution in [0.3, 0.4) is 0 Å². The Labute approximate surface area is 196 Å². The molecule has 2 aromatic carbocycles. The van der Waals surface area contributed by atoms with Crippen molar-refractivity contribution in [1.82, 2.24) is 20.1 Å². The second kappa shape index (κ2) is 9.13. The van der Waals surface area contributed by atoms with Gasteiger partial charge < -0.3 is 14.8 Å². The average molecular weight is 461 g/mol. The van der Waals surface area contributed by atoms with Crippen LogP contribution in [-0.4, -0.2) is 33.8 Å². The summed E-state index contributed by atoms with van der Waals surface area (Å²) in [5.41, 5.74) is 2.46. The molecule has 2 heterocycles. The second-order valence-electron chi connectivity index (χ2n) is 8.50. The number of benzene rings is 2. The molecule has 1 N–H and O–H groups in total. The van der Waals surface area contributed by atoms with Crippen molar-refractivity contribution >= 4 is 16.8 Å². The zero-order valence-electron chi connectivity index (χ0n) is 18.9. The maximum absolute atomic E-state index is 13.3. The molecule has 174 valence electrons. The molecule has 1 aliphatic rings. The summed E-state index contributed by atoms with van der Waals surface area (Å²) in [6.07, 6.45) is 4.86. The Hall–Kier alpha value is -3.94. The molecule has 5 rings (SSSR count). The molecule has 0 radical (unpaired) electrons. The highest BCUT2D eigenvalue weighted by Gasteiger charge is 2.32. The van der Waals surface area contributed by atoms with Gasteiger partial charge in [0, 0.05) is 29.1 Å². The standard InChI is InChI=1S/C26H25FN4O3/c1-16(30-26(32)17-3-4-17)25(18-5-12-24(33-2)28-14-18)34-22-10-11-23-19(13-22)15-29-31(23)21-8-6-20(27)7-9-21/h5-17,25H,3-4H2,1-2H3,(H,30,32)/t16-,25+/m1/s1. The first-order valence-electron chi connectivity index (χ1n) is 11.2. The lowest BCUT2D eigenvalue weighted by molar-refractivity contribution is -0.123. The van der Waals surface area contributed by atoms with Crippen LogP contribution in [0.15, 0.2) is 67.0 Å². The summed E-state index contributed by atoms with van der Waals surface area (Å²) in [4.78, 5) is 16.7. The number of hydrogen-bond acceptors (Lipinski definition) is 5. The lowest BCUT2D eigenvalue weighted by atomic mass is 10.0. The molecule has 7 nitrogen and oxygen atoms in total. The third-order valence-electron chi connectivity index (χ3n) is 5.94. The van der Waals surface area contributed by atoms with Gasteiger partial charge in [0.25, 0.3) is 0 Å². The molecule has 1 fully saturated rings. The molecular formula is C26H25FN4O3. The molecule has 1 saturated carbocycles. The monoisotopic (exact) mass is 460 g/mol. The fourth-order valence-corrected chi connectivity index (χ4v) is 3.92. The third-order valence-corrected chi connectivity index (χ3v) is 5.94. The minimum atomic E-state index is -0.453. The number of halogens is 1. The molecule has 0 saturated heterocycles. The van der Waals surface area contributed by atoms with Gasteiger partial charge in [0.2, 0.25) is 11.8 Å². The number of pyridine rings is 1. The van der Waals surface area contributed by atoms with Gasteiger partial charge >= 0.3 is 0 Å². The van der Waals surface area contributed by atoms with Crippen LogP contribution in [0.2, 0.25) is 0 Å².